The van der Waals surface area contributed by atoms with Crippen LogP contribution in [-0.2, 0) is 14.1 Å². The Morgan fingerprint density at radius 1 is 1.17 bits per heavy atom. The summed E-state index contributed by atoms with van der Waals surface area (Å²) >= 11 is 1.13. The molecule has 1 aromatic carbocycles. The Balaban J connectivity index is 1.57. The largest absolute Gasteiger partial charge is 0.386 e. The number of aromatic amines is 1. The molecule has 2 bridgehead atoms. The maximum atomic E-state index is 14.5. The van der Waals surface area contributed by atoms with E-state index in [9.17, 15) is 14.0 Å². The lowest BCUT2D eigenvalue weighted by atomic mass is 9.83. The van der Waals surface area contributed by atoms with Crippen molar-refractivity contribution in [2.24, 2.45) is 31.7 Å². The smallest absolute Gasteiger partial charge is 0.330 e. The second-order valence-electron chi connectivity index (χ2n) is 9.72. The van der Waals surface area contributed by atoms with E-state index in [1.165, 1.54) is 29.9 Å². The number of rotatable bonds is 4. The third kappa shape index (κ3) is 3.40. The van der Waals surface area contributed by atoms with Crippen LogP contribution in [-0.4, -0.2) is 37.2 Å². The molecule has 35 heavy (non-hydrogen) atoms. The van der Waals surface area contributed by atoms with Crippen LogP contribution in [0, 0.1) is 17.7 Å². The van der Waals surface area contributed by atoms with E-state index in [0.717, 1.165) is 57.6 Å². The lowest BCUT2D eigenvalue weighted by Gasteiger charge is -2.26. The van der Waals surface area contributed by atoms with Gasteiger partial charge in [0, 0.05) is 50.1 Å². The van der Waals surface area contributed by atoms with Crippen LogP contribution in [0.1, 0.15) is 30.9 Å². The van der Waals surface area contributed by atoms with E-state index in [4.69, 9.17) is 15.7 Å². The molecule has 0 spiro atoms. The van der Waals surface area contributed by atoms with Crippen molar-refractivity contribution < 1.29 is 4.39 Å². The van der Waals surface area contributed by atoms with E-state index < -0.39 is 11.2 Å². The number of nitrogens with one attached hydrogen (secondary N) is 2. The van der Waals surface area contributed by atoms with Crippen molar-refractivity contribution in [1.29, 1.82) is 0 Å². The van der Waals surface area contributed by atoms with E-state index in [1.807, 2.05) is 0 Å². The van der Waals surface area contributed by atoms with Gasteiger partial charge in [-0.25, -0.2) is 19.2 Å². The molecule has 11 heteroatoms. The summed E-state index contributed by atoms with van der Waals surface area (Å²) in [5, 5.41) is 5.02. The van der Waals surface area contributed by atoms with Crippen molar-refractivity contribution in [3.8, 4) is 0 Å². The first-order valence-corrected chi connectivity index (χ1v) is 12.5. The van der Waals surface area contributed by atoms with Gasteiger partial charge in [-0.2, -0.15) is 0 Å². The number of aryl methyl sites for hydroxylation is 1. The minimum absolute atomic E-state index is 0.188. The summed E-state index contributed by atoms with van der Waals surface area (Å²) in [6.45, 7) is 0. The molecule has 0 radical (unpaired) electrons. The topological polar surface area (TPSA) is 124 Å². The zero-order chi connectivity index (χ0) is 24.6. The molecule has 2 fully saturated rings. The van der Waals surface area contributed by atoms with E-state index in [1.54, 1.807) is 14.1 Å². The summed E-state index contributed by atoms with van der Waals surface area (Å²) in [7, 11) is 4.81. The van der Waals surface area contributed by atoms with Crippen molar-refractivity contribution >= 4 is 39.4 Å². The monoisotopic (exact) mass is 495 g/mol. The third-order valence-corrected chi connectivity index (χ3v) is 8.55. The third-order valence-electron chi connectivity index (χ3n) is 7.68. The first-order chi connectivity index (χ1) is 16.7. The van der Waals surface area contributed by atoms with E-state index in [2.05, 4.69) is 10.3 Å². The molecule has 0 saturated heterocycles. The Bertz CT molecular complexity index is 1620. The van der Waals surface area contributed by atoms with Crippen molar-refractivity contribution in [3.63, 3.8) is 0 Å². The zero-order valence-electron chi connectivity index (χ0n) is 19.6. The summed E-state index contributed by atoms with van der Waals surface area (Å²) in [5.41, 5.74) is 8.41. The number of benzene rings is 1. The van der Waals surface area contributed by atoms with Gasteiger partial charge in [-0.3, -0.25) is 9.36 Å². The molecule has 1 unspecified atom stereocenters. The highest BCUT2D eigenvalue weighted by atomic mass is 32.2. The van der Waals surface area contributed by atoms with E-state index in [-0.39, 0.29) is 17.8 Å². The normalized spacial score (nSPS) is 23.6. The van der Waals surface area contributed by atoms with Crippen LogP contribution in [0.4, 0.5) is 10.1 Å². The number of H-pyrrole nitrogens is 1. The van der Waals surface area contributed by atoms with Crippen LogP contribution < -0.4 is 22.3 Å². The average molecular weight is 496 g/mol. The fraction of sp³-hybridized carbons (Fsp3) is 0.417. The van der Waals surface area contributed by atoms with Gasteiger partial charge in [-0.05, 0) is 55.0 Å². The minimum Gasteiger partial charge on any atom is -0.386 e. The Labute approximate surface area is 203 Å². The van der Waals surface area contributed by atoms with Crippen molar-refractivity contribution in [2.45, 2.75) is 41.3 Å². The lowest BCUT2D eigenvalue weighted by molar-refractivity contribution is 0.371. The second kappa shape index (κ2) is 7.92. The highest BCUT2D eigenvalue weighted by molar-refractivity contribution is 7.99. The molecule has 2 aliphatic carbocycles. The van der Waals surface area contributed by atoms with Crippen LogP contribution in [0.25, 0.3) is 21.9 Å². The fourth-order valence-corrected chi connectivity index (χ4v) is 6.89. The number of halogens is 1. The molecule has 2 aliphatic rings. The van der Waals surface area contributed by atoms with Gasteiger partial charge in [-0.1, -0.05) is 0 Å². The summed E-state index contributed by atoms with van der Waals surface area (Å²) in [4.78, 5) is 38.3. The molecule has 182 valence electrons. The molecule has 4 aromatic rings. The van der Waals surface area contributed by atoms with Crippen LogP contribution in [0.3, 0.4) is 0 Å². The van der Waals surface area contributed by atoms with Crippen LogP contribution in [0.2, 0.25) is 0 Å². The molecule has 0 amide bonds. The summed E-state index contributed by atoms with van der Waals surface area (Å²) in [6, 6.07) is 3.19. The minimum atomic E-state index is -0.398. The summed E-state index contributed by atoms with van der Waals surface area (Å²) in [6.07, 6.45) is 4.46. The molecule has 3 heterocycles. The fourth-order valence-electron chi connectivity index (χ4n) is 5.98. The molecular weight excluding hydrogens is 469 g/mol. The Kier molecular flexibility index (Phi) is 5.05. The van der Waals surface area contributed by atoms with Gasteiger partial charge in [0.1, 0.15) is 11.5 Å². The SMILES string of the molecule is CNc1cc(F)cc2c1[nH]c1nc(Sc3cn(C)c(=O)n(C)c3=O)nc(C3C[C@H]4C[C@@H]3C[C@H]4N)c12. The van der Waals surface area contributed by atoms with Crippen molar-refractivity contribution in [3.05, 3.63) is 50.7 Å². The number of anilines is 1. The molecule has 3 aromatic heterocycles. The maximum Gasteiger partial charge on any atom is 0.330 e. The number of nitrogens with two attached hydrogens (primary N) is 1. The van der Waals surface area contributed by atoms with Gasteiger partial charge >= 0.3 is 5.69 Å². The number of nitrogens with zero attached hydrogens (tertiary/aromatic N) is 4. The summed E-state index contributed by atoms with van der Waals surface area (Å²) in [5.74, 6) is 0.722. The predicted molar refractivity (Wildman–Crippen MR) is 133 cm³/mol. The Morgan fingerprint density at radius 3 is 2.66 bits per heavy atom. The lowest BCUT2D eigenvalue weighted by Crippen LogP contribution is -2.37. The Hall–Kier alpha value is -3.18. The van der Waals surface area contributed by atoms with Gasteiger partial charge < -0.3 is 20.6 Å². The van der Waals surface area contributed by atoms with Gasteiger partial charge in [-0.15, -0.1) is 0 Å². The predicted octanol–water partition coefficient (Wildman–Crippen LogP) is 2.68. The molecule has 6 rings (SSSR count). The second-order valence-corrected chi connectivity index (χ2v) is 10.7. The van der Waals surface area contributed by atoms with Crippen molar-refractivity contribution in [1.82, 2.24) is 24.1 Å². The van der Waals surface area contributed by atoms with Gasteiger partial charge in [0.15, 0.2) is 5.16 Å². The van der Waals surface area contributed by atoms with Crippen molar-refractivity contribution in [2.75, 3.05) is 12.4 Å². The van der Waals surface area contributed by atoms with Gasteiger partial charge in [0.2, 0.25) is 0 Å². The summed E-state index contributed by atoms with van der Waals surface area (Å²) < 4.78 is 17.0. The Morgan fingerprint density at radius 2 is 1.97 bits per heavy atom. The molecule has 4 N–H and O–H groups in total. The van der Waals surface area contributed by atoms with Gasteiger partial charge in [0.25, 0.3) is 5.56 Å². The molecule has 0 aliphatic heterocycles. The standard InChI is InChI=1S/C24H26FN7O2S/c1-27-16-8-12(25)7-14-18-20(13-5-11-4-10(13)6-15(11)26)29-23(30-21(18)28-19(14)16)35-17-9-31(2)24(34)32(3)22(17)33/h7-11,13,15,27H,4-6,26H2,1-3H3,(H,28,29,30)/t10-,11-,13?,15-/m1/s1. The molecule has 4 atom stereocenters. The first-order valence-electron chi connectivity index (χ1n) is 11.7. The highest BCUT2D eigenvalue weighted by Gasteiger charge is 2.46. The van der Waals surface area contributed by atoms with Crippen LogP contribution in [0.5, 0.6) is 0 Å². The zero-order valence-corrected chi connectivity index (χ0v) is 20.4. The van der Waals surface area contributed by atoms with Crippen LogP contribution >= 0.6 is 11.8 Å². The molecule has 9 nitrogen and oxygen atoms in total. The van der Waals surface area contributed by atoms with E-state index in [0.29, 0.717) is 33.2 Å². The number of fused-ring (bicyclic) bond motifs is 5. The number of hydrogen-bond acceptors (Lipinski definition) is 7. The van der Waals surface area contributed by atoms with Gasteiger partial charge in [0.05, 0.1) is 21.8 Å². The van der Waals surface area contributed by atoms with E-state index >= 15 is 0 Å². The first kappa shape index (κ1) is 22.3. The quantitative estimate of drug-likeness (QED) is 0.372. The number of hydrogen-bond donors (Lipinski definition) is 3. The maximum absolute atomic E-state index is 14.5. The molecule has 2 saturated carbocycles. The number of aromatic nitrogens is 5. The highest BCUT2D eigenvalue weighted by Crippen LogP contribution is 2.53. The molecular formula is C24H26FN7O2S. The average Bonchev–Trinajstić information content (AvgIpc) is 3.52. The van der Waals surface area contributed by atoms with Crippen LogP contribution in [0.15, 0.2) is 38.0 Å².